The minimum absolute atomic E-state index is 0.0232. The highest BCUT2D eigenvalue weighted by atomic mass is 19.4. The molecule has 0 aliphatic rings. The average Bonchev–Trinajstić information content (AvgIpc) is 3.46. The van der Waals surface area contributed by atoms with Gasteiger partial charge in [-0.2, -0.15) is 13.2 Å². The SMILES string of the molecule is CC.CC.CC(COCc1cccc(C(F)(F)F)c1)c1nnnn1CCOC(=O)NCCCCO.CCNC(C)C(C)=O. The van der Waals surface area contributed by atoms with E-state index in [4.69, 9.17) is 14.6 Å². The van der Waals surface area contributed by atoms with Gasteiger partial charge in [-0.05, 0) is 61.4 Å². The van der Waals surface area contributed by atoms with E-state index in [1.165, 1.54) is 10.7 Å². The molecule has 2 aromatic rings. The van der Waals surface area contributed by atoms with Crippen molar-refractivity contribution in [1.29, 1.82) is 0 Å². The molecule has 2 atom stereocenters. The lowest BCUT2D eigenvalue weighted by Gasteiger charge is -2.13. The van der Waals surface area contributed by atoms with Crippen LogP contribution in [-0.2, 0) is 33.6 Å². The van der Waals surface area contributed by atoms with Gasteiger partial charge in [0.2, 0.25) is 0 Å². The molecule has 248 valence electrons. The van der Waals surface area contributed by atoms with Crippen molar-refractivity contribution in [1.82, 2.24) is 30.8 Å². The summed E-state index contributed by atoms with van der Waals surface area (Å²) in [7, 11) is 0. The van der Waals surface area contributed by atoms with E-state index in [0.29, 0.717) is 30.8 Å². The number of hydrogen-bond donors (Lipinski definition) is 3. The number of rotatable bonds is 15. The standard InChI is InChI=1S/C19H26F3N5O4.C6H13NO.2C2H6/c1-14(12-30-13-15-5-4-6-16(11-15)19(20,21)22)17-24-25-26-27(17)8-10-31-18(29)23-7-2-3-9-28;1-4-7-5(2)6(3)8;2*1-2/h4-6,11,14,28H,2-3,7-10,12-13H2,1H3,(H,23,29);5,7H,4H2,1-3H3;2*1-2H3. The number of ether oxygens (including phenoxy) is 2. The first-order chi connectivity index (χ1) is 20.5. The summed E-state index contributed by atoms with van der Waals surface area (Å²) in [5.41, 5.74) is -0.303. The molecule has 0 aliphatic carbocycles. The van der Waals surface area contributed by atoms with Crippen molar-refractivity contribution in [3.8, 4) is 0 Å². The van der Waals surface area contributed by atoms with Gasteiger partial charge in [-0.1, -0.05) is 53.7 Å². The van der Waals surface area contributed by atoms with Crippen LogP contribution < -0.4 is 10.6 Å². The van der Waals surface area contributed by atoms with Gasteiger partial charge < -0.3 is 25.2 Å². The highest BCUT2D eigenvalue weighted by molar-refractivity contribution is 5.80. The third-order valence-electron chi connectivity index (χ3n) is 5.40. The van der Waals surface area contributed by atoms with E-state index in [-0.39, 0.29) is 50.7 Å². The number of likely N-dealkylation sites (N-methyl/N-ethyl adjacent to an activating group) is 1. The summed E-state index contributed by atoms with van der Waals surface area (Å²) in [4.78, 5) is 22.0. The van der Waals surface area contributed by atoms with Crippen molar-refractivity contribution in [2.24, 2.45) is 0 Å². The lowest BCUT2D eigenvalue weighted by atomic mass is 10.1. The zero-order valence-electron chi connectivity index (χ0n) is 26.8. The largest absolute Gasteiger partial charge is 0.448 e. The van der Waals surface area contributed by atoms with Crippen LogP contribution in [0.25, 0.3) is 0 Å². The van der Waals surface area contributed by atoms with Crippen LogP contribution in [-0.4, -0.2) is 76.1 Å². The summed E-state index contributed by atoms with van der Waals surface area (Å²) in [5.74, 6) is 0.482. The number of nitrogens with zero attached hydrogens (tertiary/aromatic N) is 4. The fourth-order valence-corrected chi connectivity index (χ4v) is 3.14. The van der Waals surface area contributed by atoms with Crippen molar-refractivity contribution < 1.29 is 37.3 Å². The molecule has 14 heteroatoms. The second-order valence-electron chi connectivity index (χ2n) is 8.76. The number of alkyl carbamates (subject to hydrolysis) is 1. The van der Waals surface area contributed by atoms with Crippen LogP contribution >= 0.6 is 0 Å². The van der Waals surface area contributed by atoms with Crippen LogP contribution in [0.2, 0.25) is 0 Å². The average molecular weight is 621 g/mol. The summed E-state index contributed by atoms with van der Waals surface area (Å²) < 4.78 is 50.4. The van der Waals surface area contributed by atoms with Gasteiger partial charge in [-0.3, -0.25) is 4.79 Å². The van der Waals surface area contributed by atoms with E-state index in [1.807, 2.05) is 48.5 Å². The number of aliphatic hydroxyl groups excluding tert-OH is 1. The van der Waals surface area contributed by atoms with Crippen LogP contribution in [0.1, 0.15) is 91.1 Å². The van der Waals surface area contributed by atoms with E-state index >= 15 is 0 Å². The number of benzene rings is 1. The number of unbranched alkanes of at least 4 members (excludes halogenated alkanes) is 1. The number of tetrazole rings is 1. The lowest BCUT2D eigenvalue weighted by molar-refractivity contribution is -0.137. The van der Waals surface area contributed by atoms with Gasteiger partial charge >= 0.3 is 12.3 Å². The van der Waals surface area contributed by atoms with Gasteiger partial charge in [0.25, 0.3) is 0 Å². The van der Waals surface area contributed by atoms with Gasteiger partial charge in [-0.15, -0.1) is 5.10 Å². The zero-order chi connectivity index (χ0) is 33.3. The number of amides is 1. The number of aromatic nitrogens is 4. The Hall–Kier alpha value is -3.10. The predicted molar refractivity (Wildman–Crippen MR) is 160 cm³/mol. The highest BCUT2D eigenvalue weighted by Gasteiger charge is 2.30. The first-order valence-corrected chi connectivity index (χ1v) is 14.7. The van der Waals surface area contributed by atoms with E-state index in [0.717, 1.165) is 18.7 Å². The van der Waals surface area contributed by atoms with Gasteiger partial charge in [0, 0.05) is 19.1 Å². The molecule has 0 saturated heterocycles. The number of carbonyl (C=O) groups is 2. The predicted octanol–water partition coefficient (Wildman–Crippen LogP) is 5.14. The van der Waals surface area contributed by atoms with Gasteiger partial charge in [0.05, 0.1) is 31.4 Å². The molecule has 11 nitrogen and oxygen atoms in total. The quantitative estimate of drug-likeness (QED) is 0.231. The van der Waals surface area contributed by atoms with E-state index < -0.39 is 17.8 Å². The molecular weight excluding hydrogens is 569 g/mol. The number of ketones is 1. The Balaban J connectivity index is 0. The highest BCUT2D eigenvalue weighted by Crippen LogP contribution is 2.29. The summed E-state index contributed by atoms with van der Waals surface area (Å²) in [6.45, 7) is 17.1. The maximum atomic E-state index is 12.8. The topological polar surface area (TPSA) is 140 Å². The third-order valence-corrected chi connectivity index (χ3v) is 5.40. The fraction of sp³-hybridized carbons (Fsp3) is 0.690. The molecule has 2 rings (SSSR count). The Morgan fingerprint density at radius 3 is 2.35 bits per heavy atom. The molecule has 0 bridgehead atoms. The Morgan fingerprint density at radius 2 is 1.79 bits per heavy atom. The van der Waals surface area contributed by atoms with Gasteiger partial charge in [0.15, 0.2) is 5.82 Å². The van der Waals surface area contributed by atoms with Crippen molar-refractivity contribution in [3.05, 3.63) is 41.2 Å². The molecule has 1 aromatic carbocycles. The Bertz CT molecular complexity index is 992. The smallest absolute Gasteiger partial charge is 0.416 e. The molecule has 0 radical (unpaired) electrons. The third kappa shape index (κ3) is 19.7. The van der Waals surface area contributed by atoms with Gasteiger partial charge in [-0.25, -0.2) is 9.48 Å². The first kappa shape index (κ1) is 42.0. The maximum absolute atomic E-state index is 12.8. The maximum Gasteiger partial charge on any atom is 0.416 e. The van der Waals surface area contributed by atoms with Crippen LogP contribution in [0, 0.1) is 0 Å². The van der Waals surface area contributed by atoms with E-state index in [2.05, 4.69) is 26.2 Å². The second-order valence-corrected chi connectivity index (χ2v) is 8.76. The van der Waals surface area contributed by atoms with Crippen molar-refractivity contribution in [2.75, 3.05) is 32.9 Å². The molecule has 43 heavy (non-hydrogen) atoms. The van der Waals surface area contributed by atoms with E-state index in [9.17, 15) is 22.8 Å². The monoisotopic (exact) mass is 620 g/mol. The number of carbonyl (C=O) groups excluding carboxylic acids is 2. The van der Waals surface area contributed by atoms with Crippen LogP contribution in [0.5, 0.6) is 0 Å². The number of nitrogens with one attached hydrogen (secondary N) is 2. The number of hydrogen-bond acceptors (Lipinski definition) is 9. The summed E-state index contributed by atoms with van der Waals surface area (Å²) >= 11 is 0. The molecular formula is C29H51F3N6O5. The minimum Gasteiger partial charge on any atom is -0.448 e. The summed E-state index contributed by atoms with van der Waals surface area (Å²) in [5, 5.41) is 25.7. The Labute approximate surface area is 253 Å². The molecule has 1 aromatic heterocycles. The van der Waals surface area contributed by atoms with Crippen molar-refractivity contribution >= 4 is 11.9 Å². The van der Waals surface area contributed by atoms with Crippen LogP contribution in [0.15, 0.2) is 24.3 Å². The molecule has 3 N–H and O–H groups in total. The number of aliphatic hydroxyl groups is 1. The molecule has 0 spiro atoms. The molecule has 1 heterocycles. The molecule has 1 amide bonds. The first-order valence-electron chi connectivity index (χ1n) is 14.7. The summed E-state index contributed by atoms with van der Waals surface area (Å²) in [6.07, 6.45) is -3.71. The summed E-state index contributed by atoms with van der Waals surface area (Å²) in [6, 6.07) is 5.00. The Kier molecular flexibility index (Phi) is 24.8. The van der Waals surface area contributed by atoms with E-state index in [1.54, 1.807) is 13.0 Å². The Morgan fingerprint density at radius 1 is 1.12 bits per heavy atom. The second kappa shape index (κ2) is 25.4. The van der Waals surface area contributed by atoms with Gasteiger partial charge in [0.1, 0.15) is 12.4 Å². The molecule has 2 unspecified atom stereocenters. The van der Waals surface area contributed by atoms with Crippen molar-refractivity contribution in [3.63, 3.8) is 0 Å². The van der Waals surface area contributed by atoms with Crippen molar-refractivity contribution in [2.45, 2.75) is 99.5 Å². The number of Topliss-reactive ketones (excluding diaryl/α,β-unsaturated/α-hetero) is 1. The number of alkyl halides is 3. The van der Waals surface area contributed by atoms with Crippen LogP contribution in [0.4, 0.5) is 18.0 Å². The zero-order valence-corrected chi connectivity index (χ0v) is 26.8. The molecule has 0 fully saturated rings. The van der Waals surface area contributed by atoms with Crippen LogP contribution in [0.3, 0.4) is 0 Å². The number of halogens is 3. The molecule has 0 saturated carbocycles. The minimum atomic E-state index is -4.40. The normalized spacial score (nSPS) is 11.8. The lowest BCUT2D eigenvalue weighted by Crippen LogP contribution is -2.31. The molecule has 0 aliphatic heterocycles. The fourth-order valence-electron chi connectivity index (χ4n) is 3.14.